The van der Waals surface area contributed by atoms with Crippen LogP contribution >= 0.6 is 11.6 Å². The van der Waals surface area contributed by atoms with Crippen molar-refractivity contribution in [2.75, 3.05) is 0 Å². The van der Waals surface area contributed by atoms with Crippen molar-refractivity contribution in [2.24, 2.45) is 0 Å². The van der Waals surface area contributed by atoms with Gasteiger partial charge in [-0.05, 0) is 50.2 Å². The summed E-state index contributed by atoms with van der Waals surface area (Å²) in [6.07, 6.45) is 3.60. The molecule has 0 saturated heterocycles. The lowest BCUT2D eigenvalue weighted by molar-refractivity contribution is 0.718. The molecule has 2 rings (SSSR count). The van der Waals surface area contributed by atoms with Crippen LogP contribution in [0.15, 0.2) is 18.2 Å². The topological polar surface area (TPSA) is 0 Å². The summed E-state index contributed by atoms with van der Waals surface area (Å²) in [6, 6.07) is 6.74. The maximum Gasteiger partial charge on any atom is 0.0342 e. The quantitative estimate of drug-likeness (QED) is 0.608. The summed E-state index contributed by atoms with van der Waals surface area (Å²) in [6.45, 7) is 4.37. The highest BCUT2D eigenvalue weighted by atomic mass is 35.5. The Hall–Kier alpha value is -0.490. The minimum absolute atomic E-state index is 0.403. The van der Waals surface area contributed by atoms with Gasteiger partial charge in [0.25, 0.3) is 0 Å². The average molecular weight is 209 g/mol. The van der Waals surface area contributed by atoms with Crippen LogP contribution in [-0.2, 0) is 0 Å². The largest absolute Gasteiger partial charge is 0.123 e. The average Bonchev–Trinajstić information content (AvgIpc) is 2.56. The molecule has 14 heavy (non-hydrogen) atoms. The van der Waals surface area contributed by atoms with Gasteiger partial charge in [-0.2, -0.15) is 0 Å². The second-order valence-corrected chi connectivity index (χ2v) is 5.08. The van der Waals surface area contributed by atoms with Gasteiger partial charge in [-0.25, -0.2) is 0 Å². The highest BCUT2D eigenvalue weighted by Crippen LogP contribution is 2.38. The number of rotatable bonds is 1. The molecule has 2 unspecified atom stereocenters. The molecule has 1 fully saturated rings. The molecule has 0 radical (unpaired) electrons. The third-order valence-corrected chi connectivity index (χ3v) is 3.64. The zero-order chi connectivity index (χ0) is 10.1. The molecule has 0 spiro atoms. The summed E-state index contributed by atoms with van der Waals surface area (Å²) in [4.78, 5) is 0. The Bertz CT molecular complexity index is 330. The van der Waals surface area contributed by atoms with Crippen LogP contribution in [0.2, 0.25) is 0 Å². The summed E-state index contributed by atoms with van der Waals surface area (Å²) in [5.74, 6) is 0.706. The Kier molecular flexibility index (Phi) is 2.83. The van der Waals surface area contributed by atoms with E-state index in [-0.39, 0.29) is 0 Å². The molecular weight excluding hydrogens is 192 g/mol. The summed E-state index contributed by atoms with van der Waals surface area (Å²) in [5, 5.41) is 0.403. The SMILES string of the molecule is Cc1ccc(C)c(C2CCC(Cl)C2)c1. The van der Waals surface area contributed by atoms with Crippen molar-refractivity contribution >= 4 is 11.6 Å². The van der Waals surface area contributed by atoms with Crippen molar-refractivity contribution in [3.63, 3.8) is 0 Å². The lowest BCUT2D eigenvalue weighted by atomic mass is 9.92. The van der Waals surface area contributed by atoms with E-state index in [1.165, 1.54) is 29.5 Å². The number of hydrogen-bond donors (Lipinski definition) is 0. The van der Waals surface area contributed by atoms with Crippen LogP contribution in [0.25, 0.3) is 0 Å². The fraction of sp³-hybridized carbons (Fsp3) is 0.538. The summed E-state index contributed by atoms with van der Waals surface area (Å²) in [5.41, 5.74) is 4.31. The third kappa shape index (κ3) is 1.95. The number of aryl methyl sites for hydroxylation is 2. The molecule has 76 valence electrons. The van der Waals surface area contributed by atoms with Gasteiger partial charge in [-0.15, -0.1) is 11.6 Å². The molecule has 1 saturated carbocycles. The first-order valence-electron chi connectivity index (χ1n) is 5.38. The standard InChI is InChI=1S/C13H17Cl/c1-9-3-4-10(2)13(7-9)11-5-6-12(14)8-11/h3-4,7,11-12H,5-6,8H2,1-2H3. The van der Waals surface area contributed by atoms with Crippen molar-refractivity contribution < 1.29 is 0 Å². The first-order valence-corrected chi connectivity index (χ1v) is 5.81. The van der Waals surface area contributed by atoms with Crippen molar-refractivity contribution in [3.8, 4) is 0 Å². The van der Waals surface area contributed by atoms with E-state index in [1.807, 2.05) is 0 Å². The molecule has 0 aromatic heterocycles. The lowest BCUT2D eigenvalue weighted by Gasteiger charge is -2.13. The Morgan fingerprint density at radius 2 is 2.00 bits per heavy atom. The molecule has 1 aliphatic rings. The predicted molar refractivity (Wildman–Crippen MR) is 62.1 cm³/mol. The van der Waals surface area contributed by atoms with E-state index < -0.39 is 0 Å². The molecule has 1 aromatic rings. The maximum absolute atomic E-state index is 6.15. The number of halogens is 1. The van der Waals surface area contributed by atoms with Gasteiger partial charge >= 0.3 is 0 Å². The maximum atomic E-state index is 6.15. The lowest BCUT2D eigenvalue weighted by Crippen LogP contribution is -1.98. The van der Waals surface area contributed by atoms with Gasteiger partial charge < -0.3 is 0 Å². The Balaban J connectivity index is 2.27. The van der Waals surface area contributed by atoms with Crippen molar-refractivity contribution in [1.29, 1.82) is 0 Å². The van der Waals surface area contributed by atoms with Crippen molar-refractivity contribution in [1.82, 2.24) is 0 Å². The minimum atomic E-state index is 0.403. The molecular formula is C13H17Cl. The van der Waals surface area contributed by atoms with E-state index in [0.29, 0.717) is 11.3 Å². The Labute approximate surface area is 91.3 Å². The van der Waals surface area contributed by atoms with Crippen LogP contribution in [-0.4, -0.2) is 5.38 Å². The zero-order valence-electron chi connectivity index (χ0n) is 8.89. The van der Waals surface area contributed by atoms with E-state index in [4.69, 9.17) is 11.6 Å². The summed E-state index contributed by atoms with van der Waals surface area (Å²) >= 11 is 6.15. The van der Waals surface area contributed by atoms with Gasteiger partial charge in [-0.3, -0.25) is 0 Å². The Morgan fingerprint density at radius 1 is 1.21 bits per heavy atom. The van der Waals surface area contributed by atoms with E-state index in [0.717, 1.165) is 6.42 Å². The number of alkyl halides is 1. The fourth-order valence-corrected chi connectivity index (χ4v) is 2.75. The van der Waals surface area contributed by atoms with Crippen LogP contribution in [0, 0.1) is 13.8 Å². The fourth-order valence-electron chi connectivity index (χ4n) is 2.41. The van der Waals surface area contributed by atoms with E-state index >= 15 is 0 Å². The smallest absolute Gasteiger partial charge is 0.0342 e. The highest BCUT2D eigenvalue weighted by Gasteiger charge is 2.25. The number of benzene rings is 1. The van der Waals surface area contributed by atoms with Crippen molar-refractivity contribution in [2.45, 2.75) is 44.4 Å². The van der Waals surface area contributed by atoms with Gasteiger partial charge in [0.15, 0.2) is 0 Å². The van der Waals surface area contributed by atoms with Crippen molar-refractivity contribution in [3.05, 3.63) is 34.9 Å². The molecule has 0 heterocycles. The molecule has 1 aliphatic carbocycles. The normalized spacial score (nSPS) is 26.8. The molecule has 1 aromatic carbocycles. The van der Waals surface area contributed by atoms with E-state index in [9.17, 15) is 0 Å². The summed E-state index contributed by atoms with van der Waals surface area (Å²) in [7, 11) is 0. The predicted octanol–water partition coefficient (Wildman–Crippen LogP) is 4.18. The van der Waals surface area contributed by atoms with Gasteiger partial charge in [0.1, 0.15) is 0 Å². The molecule has 1 heteroatoms. The van der Waals surface area contributed by atoms with Gasteiger partial charge in [0.05, 0.1) is 0 Å². The molecule has 0 amide bonds. The Morgan fingerprint density at radius 3 is 2.64 bits per heavy atom. The number of hydrogen-bond acceptors (Lipinski definition) is 0. The van der Waals surface area contributed by atoms with Crippen LogP contribution < -0.4 is 0 Å². The third-order valence-electron chi connectivity index (χ3n) is 3.24. The van der Waals surface area contributed by atoms with Crippen LogP contribution in [0.5, 0.6) is 0 Å². The molecule has 0 nitrogen and oxygen atoms in total. The van der Waals surface area contributed by atoms with Gasteiger partial charge in [-0.1, -0.05) is 23.8 Å². The second-order valence-electron chi connectivity index (χ2n) is 4.47. The van der Waals surface area contributed by atoms with Crippen LogP contribution in [0.3, 0.4) is 0 Å². The van der Waals surface area contributed by atoms with E-state index in [2.05, 4.69) is 32.0 Å². The van der Waals surface area contributed by atoms with Gasteiger partial charge in [0, 0.05) is 5.38 Å². The summed E-state index contributed by atoms with van der Waals surface area (Å²) < 4.78 is 0. The molecule has 0 N–H and O–H groups in total. The van der Waals surface area contributed by atoms with E-state index in [1.54, 1.807) is 0 Å². The molecule has 2 atom stereocenters. The first-order chi connectivity index (χ1) is 6.66. The highest BCUT2D eigenvalue weighted by molar-refractivity contribution is 6.20. The van der Waals surface area contributed by atoms with Crippen LogP contribution in [0.4, 0.5) is 0 Å². The molecule has 0 bridgehead atoms. The monoisotopic (exact) mass is 208 g/mol. The van der Waals surface area contributed by atoms with Gasteiger partial charge in [0.2, 0.25) is 0 Å². The molecule has 0 aliphatic heterocycles. The second kappa shape index (κ2) is 3.94. The first kappa shape index (κ1) is 10.0. The zero-order valence-corrected chi connectivity index (χ0v) is 9.64. The van der Waals surface area contributed by atoms with Crippen LogP contribution in [0.1, 0.15) is 41.9 Å². The minimum Gasteiger partial charge on any atom is -0.123 e.